The van der Waals surface area contributed by atoms with Gasteiger partial charge in [0, 0.05) is 5.41 Å². The molecular formula is C17H19NO5. The number of ketones is 1. The van der Waals surface area contributed by atoms with E-state index in [1.807, 2.05) is 0 Å². The number of carboxylic acids is 1. The Balaban J connectivity index is 2.59. The van der Waals surface area contributed by atoms with Crippen LogP contribution >= 0.6 is 0 Å². The van der Waals surface area contributed by atoms with Crippen molar-refractivity contribution < 1.29 is 24.6 Å². The monoisotopic (exact) mass is 317 g/mol. The van der Waals surface area contributed by atoms with Crippen LogP contribution in [0.15, 0.2) is 41.7 Å². The molecule has 0 aromatic heterocycles. The van der Waals surface area contributed by atoms with Gasteiger partial charge in [-0.2, -0.15) is 0 Å². The number of hydrogen-bond acceptors (Lipinski definition) is 4. The van der Waals surface area contributed by atoms with Gasteiger partial charge < -0.3 is 15.1 Å². The summed E-state index contributed by atoms with van der Waals surface area (Å²) >= 11 is 0. The lowest BCUT2D eigenvalue weighted by atomic mass is 9.82. The van der Waals surface area contributed by atoms with Crippen LogP contribution in [-0.4, -0.2) is 39.3 Å². The number of aliphatic carboxylic acids is 1. The van der Waals surface area contributed by atoms with Gasteiger partial charge in [-0.05, 0) is 5.56 Å². The Morgan fingerprint density at radius 3 is 2.22 bits per heavy atom. The number of amides is 1. The summed E-state index contributed by atoms with van der Waals surface area (Å²) in [6.07, 6.45) is 0. The molecule has 0 saturated heterocycles. The van der Waals surface area contributed by atoms with Crippen molar-refractivity contribution in [3.8, 4) is 0 Å². The van der Waals surface area contributed by atoms with Gasteiger partial charge in [-0.3, -0.25) is 14.4 Å². The first-order valence-electron chi connectivity index (χ1n) is 7.20. The Morgan fingerprint density at radius 2 is 1.74 bits per heavy atom. The fourth-order valence-corrected chi connectivity index (χ4v) is 2.58. The second kappa shape index (κ2) is 5.87. The lowest BCUT2D eigenvalue weighted by Gasteiger charge is -2.27. The van der Waals surface area contributed by atoms with E-state index in [0.29, 0.717) is 5.56 Å². The number of rotatable bonds is 4. The molecule has 0 spiro atoms. The van der Waals surface area contributed by atoms with E-state index in [1.54, 1.807) is 51.1 Å². The Bertz CT molecular complexity index is 685. The molecule has 2 rings (SSSR count). The van der Waals surface area contributed by atoms with Crippen LogP contribution in [0, 0.1) is 5.41 Å². The maximum Gasteiger partial charge on any atom is 0.323 e. The predicted molar refractivity (Wildman–Crippen MR) is 82.6 cm³/mol. The minimum absolute atomic E-state index is 0.0463. The van der Waals surface area contributed by atoms with Crippen molar-refractivity contribution in [3.63, 3.8) is 0 Å². The van der Waals surface area contributed by atoms with Crippen molar-refractivity contribution >= 4 is 17.7 Å². The van der Waals surface area contributed by atoms with Crippen LogP contribution in [0.25, 0.3) is 0 Å². The third kappa shape index (κ3) is 3.11. The fraction of sp³-hybridized carbons (Fsp3) is 0.353. The second-order valence-electron chi connectivity index (χ2n) is 6.48. The number of carbonyl (C=O) groups excluding carboxylic acids is 2. The number of hydrogen-bond donors (Lipinski definition) is 2. The highest BCUT2D eigenvalue weighted by atomic mass is 16.4. The zero-order valence-corrected chi connectivity index (χ0v) is 13.2. The van der Waals surface area contributed by atoms with E-state index in [-0.39, 0.29) is 11.4 Å². The van der Waals surface area contributed by atoms with Gasteiger partial charge in [0.1, 0.15) is 6.54 Å². The lowest BCUT2D eigenvalue weighted by Crippen LogP contribution is -2.36. The number of carboxylic acid groups (broad SMARTS) is 1. The molecule has 23 heavy (non-hydrogen) atoms. The third-order valence-electron chi connectivity index (χ3n) is 3.65. The summed E-state index contributed by atoms with van der Waals surface area (Å²) < 4.78 is 0. The van der Waals surface area contributed by atoms with E-state index < -0.39 is 35.6 Å². The average molecular weight is 317 g/mol. The molecule has 1 atom stereocenters. The largest absolute Gasteiger partial charge is 0.503 e. The van der Waals surface area contributed by atoms with E-state index in [1.165, 1.54) is 0 Å². The maximum absolute atomic E-state index is 12.7. The molecule has 1 unspecified atom stereocenters. The molecule has 0 aliphatic carbocycles. The number of Topliss-reactive ketones (excluding diaryl/α,β-unsaturated/α-hetero) is 1. The highest BCUT2D eigenvalue weighted by Crippen LogP contribution is 2.40. The van der Waals surface area contributed by atoms with Gasteiger partial charge >= 0.3 is 5.97 Å². The quantitative estimate of drug-likeness (QED) is 0.886. The van der Waals surface area contributed by atoms with E-state index in [2.05, 4.69) is 0 Å². The smallest absolute Gasteiger partial charge is 0.323 e. The Hall–Kier alpha value is -2.63. The number of aliphatic hydroxyl groups is 1. The van der Waals surface area contributed by atoms with Gasteiger partial charge in [0.15, 0.2) is 11.5 Å². The van der Waals surface area contributed by atoms with Crippen LogP contribution in [-0.2, 0) is 14.4 Å². The second-order valence-corrected chi connectivity index (χ2v) is 6.48. The van der Waals surface area contributed by atoms with Gasteiger partial charge in [-0.25, -0.2) is 0 Å². The molecule has 0 radical (unpaired) electrons. The molecule has 1 aliphatic rings. The SMILES string of the molecule is CC(C)(C)C(=O)C1=C(O)C(=O)N(CC(=O)O)C1c1ccccc1. The normalized spacial score (nSPS) is 18.5. The number of aliphatic hydroxyl groups excluding tert-OH is 1. The van der Waals surface area contributed by atoms with Crippen LogP contribution in [0.2, 0.25) is 0 Å². The molecule has 122 valence electrons. The number of carbonyl (C=O) groups is 3. The maximum atomic E-state index is 12.7. The average Bonchev–Trinajstić information content (AvgIpc) is 2.70. The van der Waals surface area contributed by atoms with Crippen LogP contribution in [0.1, 0.15) is 32.4 Å². The van der Waals surface area contributed by atoms with Crippen molar-refractivity contribution in [2.45, 2.75) is 26.8 Å². The van der Waals surface area contributed by atoms with Gasteiger partial charge in [-0.15, -0.1) is 0 Å². The van der Waals surface area contributed by atoms with Crippen molar-refractivity contribution in [1.29, 1.82) is 0 Å². The van der Waals surface area contributed by atoms with Crippen molar-refractivity contribution in [3.05, 3.63) is 47.2 Å². The zero-order valence-electron chi connectivity index (χ0n) is 13.2. The summed E-state index contributed by atoms with van der Waals surface area (Å²) in [5.41, 5.74) is -0.274. The summed E-state index contributed by atoms with van der Waals surface area (Å²) in [5, 5.41) is 19.2. The minimum Gasteiger partial charge on any atom is -0.503 e. The highest BCUT2D eigenvalue weighted by molar-refractivity contribution is 6.11. The molecule has 2 N–H and O–H groups in total. The minimum atomic E-state index is -1.21. The zero-order chi connectivity index (χ0) is 17.4. The highest BCUT2D eigenvalue weighted by Gasteiger charge is 2.46. The number of nitrogens with zero attached hydrogens (tertiary/aromatic N) is 1. The van der Waals surface area contributed by atoms with E-state index >= 15 is 0 Å². The molecule has 6 nitrogen and oxygen atoms in total. The third-order valence-corrected chi connectivity index (χ3v) is 3.65. The standard InChI is InChI=1S/C17H19NO5/c1-17(2,3)15(22)12-13(10-7-5-4-6-8-10)18(9-11(19)20)16(23)14(12)21/h4-8,13,21H,9H2,1-3H3,(H,19,20). The molecule has 0 fully saturated rings. The van der Waals surface area contributed by atoms with Gasteiger partial charge in [0.05, 0.1) is 11.6 Å². The summed E-state index contributed by atoms with van der Waals surface area (Å²) in [7, 11) is 0. The topological polar surface area (TPSA) is 94.9 Å². The predicted octanol–water partition coefficient (Wildman–Crippen LogP) is 2.08. The van der Waals surface area contributed by atoms with Crippen LogP contribution in [0.3, 0.4) is 0 Å². The molecule has 1 aromatic carbocycles. The van der Waals surface area contributed by atoms with Crippen LogP contribution in [0.5, 0.6) is 0 Å². The lowest BCUT2D eigenvalue weighted by molar-refractivity contribution is -0.144. The Kier molecular flexibility index (Phi) is 4.27. The van der Waals surface area contributed by atoms with Crippen LogP contribution in [0.4, 0.5) is 0 Å². The first-order chi connectivity index (χ1) is 10.6. The Morgan fingerprint density at radius 1 is 1.17 bits per heavy atom. The summed E-state index contributed by atoms with van der Waals surface area (Å²) in [6, 6.07) is 7.73. The molecule has 1 amide bonds. The summed E-state index contributed by atoms with van der Waals surface area (Å²) in [6.45, 7) is 4.45. The Labute approximate surface area is 134 Å². The molecule has 1 aliphatic heterocycles. The van der Waals surface area contributed by atoms with Crippen LogP contribution < -0.4 is 0 Å². The first kappa shape index (κ1) is 16.7. The van der Waals surface area contributed by atoms with E-state index in [9.17, 15) is 19.5 Å². The number of benzene rings is 1. The molecule has 1 aromatic rings. The van der Waals surface area contributed by atoms with Crippen molar-refractivity contribution in [2.24, 2.45) is 5.41 Å². The van der Waals surface area contributed by atoms with Gasteiger partial charge in [0.25, 0.3) is 5.91 Å². The summed E-state index contributed by atoms with van der Waals surface area (Å²) in [5.74, 6) is -3.10. The van der Waals surface area contributed by atoms with Gasteiger partial charge in [-0.1, -0.05) is 51.1 Å². The fourth-order valence-electron chi connectivity index (χ4n) is 2.58. The summed E-state index contributed by atoms with van der Waals surface area (Å²) in [4.78, 5) is 37.0. The molecule has 6 heteroatoms. The van der Waals surface area contributed by atoms with Gasteiger partial charge in [0.2, 0.25) is 0 Å². The van der Waals surface area contributed by atoms with E-state index in [0.717, 1.165) is 4.90 Å². The molecule has 0 bridgehead atoms. The molecule has 0 saturated carbocycles. The van der Waals surface area contributed by atoms with E-state index in [4.69, 9.17) is 5.11 Å². The van der Waals surface area contributed by atoms with Crippen molar-refractivity contribution in [1.82, 2.24) is 4.90 Å². The molecular weight excluding hydrogens is 298 g/mol. The van der Waals surface area contributed by atoms with Crippen molar-refractivity contribution in [2.75, 3.05) is 6.54 Å². The first-order valence-corrected chi connectivity index (χ1v) is 7.20. The molecule has 1 heterocycles.